The first kappa shape index (κ1) is 26.3. The zero-order valence-corrected chi connectivity index (χ0v) is 20.1. The molecule has 3 aromatic rings. The normalized spacial score (nSPS) is 17.4. The SMILES string of the molecule is O=C(CCCC1(C(=O)NCc2ccc(Nc3ccccc3C(F)(F)F)cc2)CCOC1)c1ccnnc1. The van der Waals surface area contributed by atoms with Gasteiger partial charge in [0.05, 0.1) is 35.7 Å². The van der Waals surface area contributed by atoms with Crippen molar-refractivity contribution in [2.24, 2.45) is 5.41 Å². The maximum Gasteiger partial charge on any atom is 0.418 e. The second-order valence-electron chi connectivity index (χ2n) is 9.04. The van der Waals surface area contributed by atoms with Crippen molar-refractivity contribution in [3.05, 3.63) is 83.7 Å². The number of hydrogen-bond donors (Lipinski definition) is 2. The van der Waals surface area contributed by atoms with Crippen molar-refractivity contribution in [3.63, 3.8) is 0 Å². The van der Waals surface area contributed by atoms with Crippen molar-refractivity contribution >= 4 is 23.1 Å². The topological polar surface area (TPSA) is 93.2 Å². The number of halogens is 3. The number of ether oxygens (including phenoxy) is 1. The van der Waals surface area contributed by atoms with E-state index in [0.717, 1.165) is 11.6 Å². The molecule has 0 saturated carbocycles. The molecule has 1 aromatic heterocycles. The number of benzene rings is 2. The third-order valence-corrected chi connectivity index (χ3v) is 6.47. The number of hydrogen-bond acceptors (Lipinski definition) is 6. The Morgan fingerprint density at radius 1 is 1.03 bits per heavy atom. The zero-order valence-electron chi connectivity index (χ0n) is 20.1. The van der Waals surface area contributed by atoms with Gasteiger partial charge in [0.25, 0.3) is 0 Å². The highest BCUT2D eigenvalue weighted by atomic mass is 19.4. The van der Waals surface area contributed by atoms with Crippen molar-refractivity contribution in [3.8, 4) is 0 Å². The summed E-state index contributed by atoms with van der Waals surface area (Å²) < 4.78 is 45.2. The van der Waals surface area contributed by atoms with E-state index in [1.165, 1.54) is 30.6 Å². The van der Waals surface area contributed by atoms with Gasteiger partial charge in [0.1, 0.15) is 0 Å². The van der Waals surface area contributed by atoms with E-state index in [0.29, 0.717) is 50.1 Å². The van der Waals surface area contributed by atoms with Gasteiger partial charge in [-0.05, 0) is 55.2 Å². The first-order valence-electron chi connectivity index (χ1n) is 11.9. The summed E-state index contributed by atoms with van der Waals surface area (Å²) in [6.07, 6.45) is 0.369. The van der Waals surface area contributed by atoms with E-state index in [-0.39, 0.29) is 23.9 Å². The molecule has 1 amide bonds. The van der Waals surface area contributed by atoms with Gasteiger partial charge >= 0.3 is 6.18 Å². The molecule has 4 rings (SSSR count). The lowest BCUT2D eigenvalue weighted by Gasteiger charge is -2.26. The second-order valence-corrected chi connectivity index (χ2v) is 9.04. The molecule has 10 heteroatoms. The Labute approximate surface area is 212 Å². The Balaban J connectivity index is 1.31. The van der Waals surface area contributed by atoms with Gasteiger partial charge in [-0.25, -0.2) is 0 Å². The molecule has 1 unspecified atom stereocenters. The van der Waals surface area contributed by atoms with Crippen LogP contribution in [0.15, 0.2) is 67.0 Å². The maximum absolute atomic E-state index is 13.2. The molecular weight excluding hydrogens is 485 g/mol. The number of anilines is 2. The molecule has 1 aliphatic rings. The number of para-hydroxylation sites is 1. The minimum Gasteiger partial charge on any atom is -0.380 e. The van der Waals surface area contributed by atoms with E-state index in [1.807, 2.05) is 0 Å². The summed E-state index contributed by atoms with van der Waals surface area (Å²) in [5, 5.41) is 13.2. The number of ketones is 1. The van der Waals surface area contributed by atoms with Crippen molar-refractivity contribution in [2.45, 2.75) is 38.4 Å². The van der Waals surface area contributed by atoms with E-state index in [1.54, 1.807) is 30.3 Å². The number of aromatic nitrogens is 2. The zero-order chi connectivity index (χ0) is 26.3. The maximum atomic E-state index is 13.2. The molecule has 1 atom stereocenters. The van der Waals surface area contributed by atoms with Crippen LogP contribution in [0, 0.1) is 5.41 Å². The van der Waals surface area contributed by atoms with Crippen LogP contribution in [0.1, 0.15) is 47.2 Å². The molecule has 2 heterocycles. The van der Waals surface area contributed by atoms with Gasteiger partial charge in [0, 0.05) is 30.8 Å². The number of carbonyl (C=O) groups excluding carboxylic acids is 2. The third-order valence-electron chi connectivity index (χ3n) is 6.47. The lowest BCUT2D eigenvalue weighted by molar-refractivity contribution is -0.137. The molecule has 194 valence electrons. The molecule has 0 spiro atoms. The fourth-order valence-electron chi connectivity index (χ4n) is 4.35. The highest BCUT2D eigenvalue weighted by Gasteiger charge is 2.41. The Hall–Kier alpha value is -3.79. The summed E-state index contributed by atoms with van der Waals surface area (Å²) >= 11 is 0. The van der Waals surface area contributed by atoms with Crippen LogP contribution in [-0.2, 0) is 22.3 Å². The Bertz CT molecular complexity index is 1210. The van der Waals surface area contributed by atoms with Crippen LogP contribution in [0.3, 0.4) is 0 Å². The van der Waals surface area contributed by atoms with Gasteiger partial charge in [0.2, 0.25) is 5.91 Å². The smallest absolute Gasteiger partial charge is 0.380 e. The Kier molecular flexibility index (Phi) is 8.17. The number of Topliss-reactive ketones (excluding diaryl/α,β-unsaturated/α-hetero) is 1. The fraction of sp³-hybridized carbons (Fsp3) is 0.333. The molecule has 1 saturated heterocycles. The lowest BCUT2D eigenvalue weighted by atomic mass is 9.80. The van der Waals surface area contributed by atoms with Crippen LogP contribution in [-0.4, -0.2) is 35.1 Å². The monoisotopic (exact) mass is 512 g/mol. The summed E-state index contributed by atoms with van der Waals surface area (Å²) in [4.78, 5) is 25.5. The number of rotatable bonds is 10. The van der Waals surface area contributed by atoms with Crippen LogP contribution in [0.4, 0.5) is 24.5 Å². The molecule has 0 radical (unpaired) electrons. The van der Waals surface area contributed by atoms with E-state index >= 15 is 0 Å². The van der Waals surface area contributed by atoms with Gasteiger partial charge in [-0.15, -0.1) is 0 Å². The number of alkyl halides is 3. The minimum absolute atomic E-state index is 0.0297. The number of amides is 1. The van der Waals surface area contributed by atoms with E-state index in [9.17, 15) is 22.8 Å². The van der Waals surface area contributed by atoms with Crippen LogP contribution >= 0.6 is 0 Å². The summed E-state index contributed by atoms with van der Waals surface area (Å²) in [5.74, 6) is -0.180. The van der Waals surface area contributed by atoms with E-state index in [4.69, 9.17) is 4.74 Å². The van der Waals surface area contributed by atoms with Gasteiger partial charge in [-0.1, -0.05) is 24.3 Å². The fourth-order valence-corrected chi connectivity index (χ4v) is 4.35. The molecular formula is C27H27F3N4O3. The van der Waals surface area contributed by atoms with Crippen molar-refractivity contribution in [1.29, 1.82) is 0 Å². The van der Waals surface area contributed by atoms with Gasteiger partial charge in [-0.3, -0.25) is 9.59 Å². The quantitative estimate of drug-likeness (QED) is 0.358. The number of nitrogens with one attached hydrogen (secondary N) is 2. The predicted molar refractivity (Wildman–Crippen MR) is 131 cm³/mol. The number of carbonyl (C=O) groups is 2. The Morgan fingerprint density at radius 2 is 1.81 bits per heavy atom. The predicted octanol–water partition coefficient (Wildman–Crippen LogP) is 5.32. The van der Waals surface area contributed by atoms with Crippen LogP contribution in [0.25, 0.3) is 0 Å². The minimum atomic E-state index is -4.46. The average Bonchev–Trinajstić information content (AvgIpc) is 3.38. The van der Waals surface area contributed by atoms with Gasteiger partial charge in [-0.2, -0.15) is 23.4 Å². The van der Waals surface area contributed by atoms with Crippen molar-refractivity contribution in [1.82, 2.24) is 15.5 Å². The van der Waals surface area contributed by atoms with E-state index in [2.05, 4.69) is 20.8 Å². The number of nitrogens with zero attached hydrogens (tertiary/aromatic N) is 2. The largest absolute Gasteiger partial charge is 0.418 e. The molecule has 1 fully saturated rings. The lowest BCUT2D eigenvalue weighted by Crippen LogP contribution is -2.41. The molecule has 2 aromatic carbocycles. The first-order chi connectivity index (χ1) is 17.8. The third kappa shape index (κ3) is 6.71. The van der Waals surface area contributed by atoms with Crippen LogP contribution in [0.5, 0.6) is 0 Å². The molecule has 0 bridgehead atoms. The van der Waals surface area contributed by atoms with Crippen LogP contribution in [0.2, 0.25) is 0 Å². The summed E-state index contributed by atoms with van der Waals surface area (Å²) in [6.45, 7) is 1.04. The van der Waals surface area contributed by atoms with Gasteiger partial charge < -0.3 is 15.4 Å². The van der Waals surface area contributed by atoms with Crippen molar-refractivity contribution in [2.75, 3.05) is 18.5 Å². The molecule has 2 N–H and O–H groups in total. The highest BCUT2D eigenvalue weighted by Crippen LogP contribution is 2.36. The average molecular weight is 513 g/mol. The molecule has 0 aliphatic carbocycles. The van der Waals surface area contributed by atoms with E-state index < -0.39 is 17.2 Å². The summed E-state index contributed by atoms with van der Waals surface area (Å²) in [6, 6.07) is 13.7. The summed E-state index contributed by atoms with van der Waals surface area (Å²) in [7, 11) is 0. The second kappa shape index (κ2) is 11.5. The Morgan fingerprint density at radius 3 is 2.49 bits per heavy atom. The first-order valence-corrected chi connectivity index (χ1v) is 11.9. The molecule has 7 nitrogen and oxygen atoms in total. The molecule has 1 aliphatic heterocycles. The molecule has 37 heavy (non-hydrogen) atoms. The highest BCUT2D eigenvalue weighted by molar-refractivity contribution is 5.95. The standard InChI is InChI=1S/C27H27F3N4O3/c28-27(29,30)22-4-1-2-5-23(22)34-21-9-7-19(8-10-21)16-31-25(36)26(13-15-37-18-26)12-3-6-24(35)20-11-14-32-33-17-20/h1-2,4-5,7-11,14,17,34H,3,6,12-13,15-16,18H2,(H,31,36). The van der Waals surface area contributed by atoms with Crippen LogP contribution < -0.4 is 10.6 Å². The summed E-state index contributed by atoms with van der Waals surface area (Å²) in [5.41, 5.74) is 0.335. The van der Waals surface area contributed by atoms with Gasteiger partial charge in [0.15, 0.2) is 5.78 Å². The van der Waals surface area contributed by atoms with Crippen molar-refractivity contribution < 1.29 is 27.5 Å².